The van der Waals surface area contributed by atoms with Gasteiger partial charge in [0.25, 0.3) is 0 Å². The van der Waals surface area contributed by atoms with Crippen LogP contribution in [-0.4, -0.2) is 55.5 Å². The molecule has 0 amide bonds. The molecule has 5 nitrogen and oxygen atoms in total. The van der Waals surface area contributed by atoms with Crippen LogP contribution in [0.15, 0.2) is 23.1 Å². The molecule has 0 bridgehead atoms. The van der Waals surface area contributed by atoms with E-state index in [1.54, 1.807) is 22.5 Å². The van der Waals surface area contributed by atoms with Crippen molar-refractivity contribution in [3.8, 4) is 0 Å². The van der Waals surface area contributed by atoms with Gasteiger partial charge in [-0.25, -0.2) is 8.42 Å². The van der Waals surface area contributed by atoms with Crippen molar-refractivity contribution in [1.82, 2.24) is 9.21 Å². The van der Waals surface area contributed by atoms with Crippen LogP contribution < -0.4 is 0 Å². The van der Waals surface area contributed by atoms with Gasteiger partial charge in [-0.15, -0.1) is 0 Å². The fourth-order valence-electron chi connectivity index (χ4n) is 2.60. The van der Waals surface area contributed by atoms with Crippen molar-refractivity contribution >= 4 is 10.0 Å². The maximum atomic E-state index is 12.9. The highest BCUT2D eigenvalue weighted by molar-refractivity contribution is 7.89. The van der Waals surface area contributed by atoms with E-state index >= 15 is 0 Å². The van der Waals surface area contributed by atoms with E-state index < -0.39 is 10.0 Å². The first-order valence-electron chi connectivity index (χ1n) is 7.33. The monoisotopic (exact) mass is 312 g/mol. The van der Waals surface area contributed by atoms with Crippen molar-refractivity contribution in [2.24, 2.45) is 0 Å². The molecule has 6 heteroatoms. The van der Waals surface area contributed by atoms with Crippen molar-refractivity contribution in [2.45, 2.75) is 37.8 Å². The van der Waals surface area contributed by atoms with Gasteiger partial charge in [0, 0.05) is 25.7 Å². The molecule has 1 aromatic rings. The number of hydrogen-bond donors (Lipinski definition) is 1. The summed E-state index contributed by atoms with van der Waals surface area (Å²) in [6.45, 7) is 5.58. The van der Waals surface area contributed by atoms with Crippen LogP contribution in [0.4, 0.5) is 0 Å². The van der Waals surface area contributed by atoms with Gasteiger partial charge in [-0.05, 0) is 37.6 Å². The summed E-state index contributed by atoms with van der Waals surface area (Å²) in [5.41, 5.74) is 1.44. The van der Waals surface area contributed by atoms with Gasteiger partial charge in [-0.1, -0.05) is 19.1 Å². The average molecular weight is 312 g/mol. The smallest absolute Gasteiger partial charge is 0.243 e. The maximum Gasteiger partial charge on any atom is 0.243 e. The van der Waals surface area contributed by atoms with E-state index in [2.05, 4.69) is 4.90 Å². The fourth-order valence-corrected chi connectivity index (χ4v) is 4.46. The Labute approximate surface area is 127 Å². The van der Waals surface area contributed by atoms with Gasteiger partial charge in [-0.3, -0.25) is 0 Å². The largest absolute Gasteiger partial charge is 0.392 e. The van der Waals surface area contributed by atoms with E-state index in [1.807, 2.05) is 20.9 Å². The van der Waals surface area contributed by atoms with Gasteiger partial charge in [0.1, 0.15) is 0 Å². The Kier molecular flexibility index (Phi) is 5.03. The predicted octanol–water partition coefficient (Wildman–Crippen LogP) is 1.07. The van der Waals surface area contributed by atoms with E-state index in [0.717, 1.165) is 12.1 Å². The van der Waals surface area contributed by atoms with Crippen molar-refractivity contribution in [2.75, 3.05) is 26.7 Å². The Balaban J connectivity index is 2.39. The number of benzene rings is 1. The molecule has 0 aromatic heterocycles. The molecular weight excluding hydrogens is 288 g/mol. The zero-order chi connectivity index (χ0) is 15.6. The Hall–Kier alpha value is -0.950. The molecule has 0 radical (unpaired) electrons. The zero-order valence-corrected chi connectivity index (χ0v) is 13.7. The second kappa shape index (κ2) is 6.44. The molecule has 1 aliphatic rings. The maximum absolute atomic E-state index is 12.9. The summed E-state index contributed by atoms with van der Waals surface area (Å²) < 4.78 is 27.4. The van der Waals surface area contributed by atoms with E-state index in [-0.39, 0.29) is 12.6 Å². The number of aryl methyl sites for hydroxylation is 1. The minimum atomic E-state index is -3.50. The first kappa shape index (κ1) is 16.4. The second-order valence-corrected chi connectivity index (χ2v) is 7.55. The molecule has 1 heterocycles. The quantitative estimate of drug-likeness (QED) is 0.903. The summed E-state index contributed by atoms with van der Waals surface area (Å²) in [5.74, 6) is 0. The van der Waals surface area contributed by atoms with Crippen molar-refractivity contribution in [3.05, 3.63) is 29.3 Å². The highest BCUT2D eigenvalue weighted by Gasteiger charge is 2.32. The molecule has 118 valence electrons. The van der Waals surface area contributed by atoms with Crippen LogP contribution in [0, 0.1) is 0 Å². The second-order valence-electron chi connectivity index (χ2n) is 5.65. The van der Waals surface area contributed by atoms with Crippen LogP contribution in [0.25, 0.3) is 0 Å². The van der Waals surface area contributed by atoms with Crippen molar-refractivity contribution in [3.63, 3.8) is 0 Å². The summed E-state index contributed by atoms with van der Waals surface area (Å²) in [6, 6.07) is 5.40. The Morgan fingerprint density at radius 2 is 2.05 bits per heavy atom. The third kappa shape index (κ3) is 3.29. The van der Waals surface area contributed by atoms with E-state index in [1.165, 1.54) is 0 Å². The van der Waals surface area contributed by atoms with Crippen molar-refractivity contribution in [1.29, 1.82) is 0 Å². The minimum Gasteiger partial charge on any atom is -0.392 e. The molecule has 1 unspecified atom stereocenters. The van der Waals surface area contributed by atoms with Crippen LogP contribution in [0.5, 0.6) is 0 Å². The summed E-state index contributed by atoms with van der Waals surface area (Å²) in [4.78, 5) is 2.50. The molecule has 1 atom stereocenters. The van der Waals surface area contributed by atoms with Crippen LogP contribution >= 0.6 is 0 Å². The number of piperazine rings is 1. The number of rotatable bonds is 4. The molecule has 0 aliphatic carbocycles. The van der Waals surface area contributed by atoms with E-state index in [4.69, 9.17) is 0 Å². The Morgan fingerprint density at radius 3 is 2.62 bits per heavy atom. The summed E-state index contributed by atoms with van der Waals surface area (Å²) in [6.07, 6.45) is 0.656. The van der Waals surface area contributed by atoms with Crippen LogP contribution in [0.3, 0.4) is 0 Å². The normalized spacial score (nSPS) is 21.6. The molecule has 0 saturated carbocycles. The zero-order valence-electron chi connectivity index (χ0n) is 12.9. The first-order chi connectivity index (χ1) is 9.90. The number of nitrogens with zero attached hydrogens (tertiary/aromatic N) is 2. The number of aliphatic hydroxyl groups excluding tert-OH is 1. The molecule has 21 heavy (non-hydrogen) atoms. The highest BCUT2D eigenvalue weighted by atomic mass is 32.2. The first-order valence-corrected chi connectivity index (χ1v) is 8.77. The van der Waals surface area contributed by atoms with Crippen LogP contribution in [-0.2, 0) is 23.1 Å². The lowest BCUT2D eigenvalue weighted by Crippen LogP contribution is -2.51. The number of likely N-dealkylation sites (N-methyl/N-ethyl adjacent to an activating group) is 1. The average Bonchev–Trinajstić information content (AvgIpc) is 2.49. The third-order valence-corrected chi connectivity index (χ3v) is 6.18. The SMILES string of the molecule is CCc1ccc(CO)cc1S(=O)(=O)N1CCN(C)C(C)C1. The molecule has 1 N–H and O–H groups in total. The minimum absolute atomic E-state index is 0.147. The number of aliphatic hydroxyl groups is 1. The standard InChI is InChI=1S/C15H24N2O3S/c1-4-14-6-5-13(11-18)9-15(14)21(19,20)17-8-7-16(3)12(2)10-17/h5-6,9,12,18H,4,7-8,10-11H2,1-3H3. The van der Waals surface area contributed by atoms with Gasteiger partial charge in [0.05, 0.1) is 11.5 Å². The number of hydrogen-bond acceptors (Lipinski definition) is 4. The van der Waals surface area contributed by atoms with Crippen LogP contribution in [0.1, 0.15) is 25.0 Å². The summed E-state index contributed by atoms with van der Waals surface area (Å²) in [7, 11) is -1.49. The van der Waals surface area contributed by atoms with E-state index in [0.29, 0.717) is 30.0 Å². The van der Waals surface area contributed by atoms with Gasteiger partial charge in [0.2, 0.25) is 10.0 Å². The van der Waals surface area contributed by atoms with Gasteiger partial charge >= 0.3 is 0 Å². The summed E-state index contributed by atoms with van der Waals surface area (Å²) >= 11 is 0. The fraction of sp³-hybridized carbons (Fsp3) is 0.600. The number of sulfonamides is 1. The lowest BCUT2D eigenvalue weighted by atomic mass is 10.1. The molecule has 1 aliphatic heterocycles. The Bertz CT molecular complexity index is 601. The molecule has 1 fully saturated rings. The van der Waals surface area contributed by atoms with E-state index in [9.17, 15) is 13.5 Å². The molecular formula is C15H24N2O3S. The Morgan fingerprint density at radius 1 is 1.33 bits per heavy atom. The molecule has 2 rings (SSSR count). The lowest BCUT2D eigenvalue weighted by molar-refractivity contribution is 0.159. The molecule has 1 saturated heterocycles. The third-order valence-electron chi connectivity index (χ3n) is 4.24. The topological polar surface area (TPSA) is 60.9 Å². The van der Waals surface area contributed by atoms with Crippen LogP contribution in [0.2, 0.25) is 0 Å². The highest BCUT2D eigenvalue weighted by Crippen LogP contribution is 2.24. The predicted molar refractivity (Wildman–Crippen MR) is 82.6 cm³/mol. The van der Waals surface area contributed by atoms with Gasteiger partial charge in [0.15, 0.2) is 0 Å². The molecule has 1 aromatic carbocycles. The van der Waals surface area contributed by atoms with Gasteiger partial charge < -0.3 is 10.0 Å². The van der Waals surface area contributed by atoms with Crippen molar-refractivity contribution < 1.29 is 13.5 Å². The lowest BCUT2D eigenvalue weighted by Gasteiger charge is -2.37. The molecule has 0 spiro atoms. The van der Waals surface area contributed by atoms with Gasteiger partial charge in [-0.2, -0.15) is 4.31 Å². The summed E-state index contributed by atoms with van der Waals surface area (Å²) in [5, 5.41) is 9.26.